The molecule has 0 heterocycles. The van der Waals surface area contributed by atoms with Gasteiger partial charge in [0.1, 0.15) is 0 Å². The second kappa shape index (κ2) is 7.08. The van der Waals surface area contributed by atoms with Crippen LogP contribution in [0.3, 0.4) is 0 Å². The molecule has 0 bridgehead atoms. The molecule has 2 aromatic rings. The number of carbonyl (C=O) groups is 1. The maximum Gasteiger partial charge on any atom is 0.315 e. The van der Waals surface area contributed by atoms with Crippen LogP contribution < -0.4 is 0 Å². The van der Waals surface area contributed by atoms with Crippen molar-refractivity contribution in [2.45, 2.75) is 20.8 Å². The zero-order valence-corrected chi connectivity index (χ0v) is 13.4. The van der Waals surface area contributed by atoms with Gasteiger partial charge in [-0.05, 0) is 37.5 Å². The van der Waals surface area contributed by atoms with Crippen LogP contribution in [-0.4, -0.2) is 12.6 Å². The van der Waals surface area contributed by atoms with Gasteiger partial charge in [-0.15, -0.1) is 0 Å². The van der Waals surface area contributed by atoms with Crippen LogP contribution in [0.15, 0.2) is 60.7 Å². The van der Waals surface area contributed by atoms with Gasteiger partial charge >= 0.3 is 5.97 Å². The summed E-state index contributed by atoms with van der Waals surface area (Å²) in [4.78, 5) is 11.9. The molecule has 22 heavy (non-hydrogen) atoms. The number of esters is 1. The van der Waals surface area contributed by atoms with Gasteiger partial charge in [0, 0.05) is 0 Å². The monoisotopic (exact) mass is 294 g/mol. The summed E-state index contributed by atoms with van der Waals surface area (Å²) in [6.07, 6.45) is 3.86. The van der Waals surface area contributed by atoms with Gasteiger partial charge in [-0.3, -0.25) is 4.79 Å². The summed E-state index contributed by atoms with van der Waals surface area (Å²) in [6, 6.07) is 18.6. The first-order valence-corrected chi connectivity index (χ1v) is 7.55. The maximum atomic E-state index is 11.9. The molecule has 0 aromatic heterocycles. The molecule has 0 aliphatic carbocycles. The molecule has 0 unspecified atom stereocenters. The first-order chi connectivity index (χ1) is 10.5. The number of benzene rings is 2. The lowest BCUT2D eigenvalue weighted by molar-refractivity contribution is -0.150. The molecule has 0 saturated carbocycles. The summed E-state index contributed by atoms with van der Waals surface area (Å²) in [5.41, 5.74) is 2.83. The largest absolute Gasteiger partial charge is 0.465 e. The SMILES string of the molecule is CCOC(=O)C(C)(C)/C=C/c1ccc(-c2ccccc2)cc1. The van der Waals surface area contributed by atoms with E-state index in [0.717, 1.165) is 5.56 Å². The van der Waals surface area contributed by atoms with Crippen LogP contribution in [0.4, 0.5) is 0 Å². The van der Waals surface area contributed by atoms with Gasteiger partial charge < -0.3 is 4.74 Å². The van der Waals surface area contributed by atoms with Crippen molar-refractivity contribution in [3.63, 3.8) is 0 Å². The smallest absolute Gasteiger partial charge is 0.315 e. The molecule has 0 aliphatic heterocycles. The Bertz CT molecular complexity index is 637. The van der Waals surface area contributed by atoms with Crippen LogP contribution in [0.25, 0.3) is 17.2 Å². The van der Waals surface area contributed by atoms with Crippen LogP contribution >= 0.6 is 0 Å². The van der Waals surface area contributed by atoms with Crippen LogP contribution in [-0.2, 0) is 9.53 Å². The fraction of sp³-hybridized carbons (Fsp3) is 0.250. The molecule has 0 amide bonds. The molecule has 2 nitrogen and oxygen atoms in total. The Hall–Kier alpha value is -2.35. The molecule has 114 valence electrons. The summed E-state index contributed by atoms with van der Waals surface area (Å²) in [7, 11) is 0. The molecule has 0 N–H and O–H groups in total. The molecular formula is C20H22O2. The second-order valence-corrected chi connectivity index (χ2v) is 5.76. The van der Waals surface area contributed by atoms with E-state index in [1.54, 1.807) is 0 Å². The zero-order chi connectivity index (χ0) is 16.0. The molecule has 2 aromatic carbocycles. The lowest BCUT2D eigenvalue weighted by Gasteiger charge is -2.17. The third-order valence-electron chi connectivity index (χ3n) is 3.51. The van der Waals surface area contributed by atoms with Crippen LogP contribution in [0.1, 0.15) is 26.3 Å². The number of hydrogen-bond acceptors (Lipinski definition) is 2. The third kappa shape index (κ3) is 4.08. The minimum absolute atomic E-state index is 0.202. The molecule has 0 atom stereocenters. The van der Waals surface area contributed by atoms with Crippen LogP contribution in [0.2, 0.25) is 0 Å². The first-order valence-electron chi connectivity index (χ1n) is 7.55. The number of carbonyl (C=O) groups excluding carboxylic acids is 1. The Morgan fingerprint density at radius 1 is 1.00 bits per heavy atom. The van der Waals surface area contributed by atoms with Gasteiger partial charge in [0.15, 0.2) is 0 Å². The van der Waals surface area contributed by atoms with Crippen LogP contribution in [0.5, 0.6) is 0 Å². The lowest BCUT2D eigenvalue weighted by atomic mass is 9.92. The normalized spacial score (nSPS) is 11.6. The van der Waals surface area contributed by atoms with E-state index < -0.39 is 5.41 Å². The van der Waals surface area contributed by atoms with E-state index in [-0.39, 0.29) is 5.97 Å². The molecule has 0 fully saturated rings. The Morgan fingerprint density at radius 3 is 2.18 bits per heavy atom. The molecule has 2 rings (SSSR count). The summed E-state index contributed by atoms with van der Waals surface area (Å²) >= 11 is 0. The van der Waals surface area contributed by atoms with Crippen LogP contribution in [0, 0.1) is 5.41 Å². The van der Waals surface area contributed by atoms with Gasteiger partial charge in [-0.1, -0.05) is 66.7 Å². The van der Waals surface area contributed by atoms with Crippen molar-refractivity contribution in [3.8, 4) is 11.1 Å². The highest BCUT2D eigenvalue weighted by atomic mass is 16.5. The minimum atomic E-state index is -0.617. The quantitative estimate of drug-likeness (QED) is 0.729. The van der Waals surface area contributed by atoms with Crippen molar-refractivity contribution in [2.75, 3.05) is 6.61 Å². The van der Waals surface area contributed by atoms with E-state index in [0.29, 0.717) is 6.61 Å². The van der Waals surface area contributed by atoms with E-state index in [4.69, 9.17) is 4.74 Å². The van der Waals surface area contributed by atoms with Gasteiger partial charge in [-0.25, -0.2) is 0 Å². The highest BCUT2D eigenvalue weighted by Crippen LogP contribution is 2.23. The minimum Gasteiger partial charge on any atom is -0.465 e. The van der Waals surface area contributed by atoms with E-state index >= 15 is 0 Å². The summed E-state index contributed by atoms with van der Waals surface area (Å²) in [5, 5.41) is 0. The Morgan fingerprint density at radius 2 is 1.59 bits per heavy atom. The Kier molecular flexibility index (Phi) is 5.16. The van der Waals surface area contributed by atoms with E-state index in [1.807, 2.05) is 51.1 Å². The van der Waals surface area contributed by atoms with Crippen molar-refractivity contribution >= 4 is 12.0 Å². The predicted molar refractivity (Wildman–Crippen MR) is 91.3 cm³/mol. The molecule has 0 spiro atoms. The number of rotatable bonds is 5. The topological polar surface area (TPSA) is 26.3 Å². The molecule has 2 heteroatoms. The maximum absolute atomic E-state index is 11.9. The van der Waals surface area contributed by atoms with E-state index in [1.165, 1.54) is 11.1 Å². The van der Waals surface area contributed by atoms with Crippen molar-refractivity contribution in [1.29, 1.82) is 0 Å². The van der Waals surface area contributed by atoms with Gasteiger partial charge in [0.2, 0.25) is 0 Å². The van der Waals surface area contributed by atoms with E-state index in [2.05, 4.69) is 36.4 Å². The van der Waals surface area contributed by atoms with Crippen molar-refractivity contribution in [1.82, 2.24) is 0 Å². The molecule has 0 saturated heterocycles. The van der Waals surface area contributed by atoms with Crippen molar-refractivity contribution < 1.29 is 9.53 Å². The standard InChI is InChI=1S/C20H22O2/c1-4-22-19(21)20(2,3)15-14-16-10-12-18(13-11-16)17-8-6-5-7-9-17/h5-15H,4H2,1-3H3/b15-14+. The predicted octanol–water partition coefficient (Wildman–Crippen LogP) is 4.96. The zero-order valence-electron chi connectivity index (χ0n) is 13.4. The van der Waals surface area contributed by atoms with E-state index in [9.17, 15) is 4.79 Å². The summed E-state index contributed by atoms with van der Waals surface area (Å²) in [5.74, 6) is -0.202. The van der Waals surface area contributed by atoms with Gasteiger partial charge in [-0.2, -0.15) is 0 Å². The first kappa shape index (κ1) is 16.0. The van der Waals surface area contributed by atoms with Crippen molar-refractivity contribution in [3.05, 3.63) is 66.2 Å². The Labute approximate surface area is 132 Å². The van der Waals surface area contributed by atoms with Gasteiger partial charge in [0.25, 0.3) is 0 Å². The number of hydrogen-bond donors (Lipinski definition) is 0. The molecular weight excluding hydrogens is 272 g/mol. The van der Waals surface area contributed by atoms with Gasteiger partial charge in [0.05, 0.1) is 12.0 Å². The highest BCUT2D eigenvalue weighted by molar-refractivity contribution is 5.79. The average molecular weight is 294 g/mol. The van der Waals surface area contributed by atoms with Crippen molar-refractivity contribution in [2.24, 2.45) is 5.41 Å². The highest BCUT2D eigenvalue weighted by Gasteiger charge is 2.25. The summed E-state index contributed by atoms with van der Waals surface area (Å²) < 4.78 is 5.08. The fourth-order valence-electron chi connectivity index (χ4n) is 2.11. The fourth-order valence-corrected chi connectivity index (χ4v) is 2.11. The average Bonchev–Trinajstić information content (AvgIpc) is 2.54. The lowest BCUT2D eigenvalue weighted by Crippen LogP contribution is -2.24. The number of ether oxygens (including phenoxy) is 1. The third-order valence-corrected chi connectivity index (χ3v) is 3.51. The molecule has 0 aliphatic rings. The summed E-state index contributed by atoms with van der Waals surface area (Å²) in [6.45, 7) is 5.95. The Balaban J connectivity index is 2.11. The second-order valence-electron chi connectivity index (χ2n) is 5.76. The molecule has 0 radical (unpaired) electrons.